The van der Waals surface area contributed by atoms with Gasteiger partial charge in [0, 0.05) is 41.0 Å². The van der Waals surface area contributed by atoms with Crippen LogP contribution in [0.5, 0.6) is 0 Å². The van der Waals surface area contributed by atoms with Crippen LogP contribution < -0.4 is 15.5 Å². The van der Waals surface area contributed by atoms with E-state index in [9.17, 15) is 9.59 Å². The van der Waals surface area contributed by atoms with Gasteiger partial charge in [-0.3, -0.25) is 9.59 Å². The maximum atomic E-state index is 12.8. The third kappa shape index (κ3) is 5.13. The van der Waals surface area contributed by atoms with Crippen LogP contribution in [0.15, 0.2) is 46.9 Å². The second-order valence-electron chi connectivity index (χ2n) is 7.00. The Morgan fingerprint density at radius 3 is 2.39 bits per heavy atom. The Morgan fingerprint density at radius 1 is 1.00 bits per heavy atom. The van der Waals surface area contributed by atoms with E-state index in [0.29, 0.717) is 23.4 Å². The molecule has 0 saturated carbocycles. The quantitative estimate of drug-likeness (QED) is 0.671. The van der Waals surface area contributed by atoms with Crippen LogP contribution in [0.3, 0.4) is 0 Å². The summed E-state index contributed by atoms with van der Waals surface area (Å²) in [5.74, 6) is -0.291. The van der Waals surface area contributed by atoms with Gasteiger partial charge in [-0.2, -0.15) is 0 Å². The van der Waals surface area contributed by atoms with E-state index in [0.717, 1.165) is 42.5 Å². The molecule has 2 N–H and O–H groups in total. The molecular formula is C22H26BrN3O2. The summed E-state index contributed by atoms with van der Waals surface area (Å²) >= 11 is 3.37. The Morgan fingerprint density at radius 2 is 1.71 bits per heavy atom. The smallest absolute Gasteiger partial charge is 0.255 e. The molecule has 0 aliphatic carbocycles. The van der Waals surface area contributed by atoms with Gasteiger partial charge >= 0.3 is 0 Å². The number of hydrogen-bond acceptors (Lipinski definition) is 3. The first-order valence-corrected chi connectivity index (χ1v) is 10.6. The summed E-state index contributed by atoms with van der Waals surface area (Å²) < 4.78 is 0.921. The lowest BCUT2D eigenvalue weighted by Crippen LogP contribution is -2.33. The molecule has 1 saturated heterocycles. The van der Waals surface area contributed by atoms with Gasteiger partial charge in [0.15, 0.2) is 0 Å². The highest BCUT2D eigenvalue weighted by molar-refractivity contribution is 9.10. The van der Waals surface area contributed by atoms with Crippen molar-refractivity contribution < 1.29 is 9.59 Å². The zero-order valence-electron chi connectivity index (χ0n) is 16.1. The minimum Gasteiger partial charge on any atom is -0.371 e. The van der Waals surface area contributed by atoms with Crippen molar-refractivity contribution in [2.75, 3.05) is 29.9 Å². The molecule has 0 unspecified atom stereocenters. The lowest BCUT2D eigenvalue weighted by atomic mass is 10.1. The van der Waals surface area contributed by atoms with Crippen molar-refractivity contribution in [3.05, 3.63) is 58.1 Å². The molecule has 0 radical (unpaired) electrons. The standard InChI is InChI=1S/C22H26BrN3O2/c1-2-12-24-22(28)19-15-18(10-11-20(19)26-13-4-3-5-14-26)25-21(27)16-6-8-17(23)9-7-16/h6-11,15H,2-5,12-14H2,1H3,(H,24,28)(H,25,27). The van der Waals surface area contributed by atoms with Crippen LogP contribution in [0.4, 0.5) is 11.4 Å². The Kier molecular flexibility index (Phi) is 7.09. The zero-order valence-corrected chi connectivity index (χ0v) is 17.7. The Hall–Kier alpha value is -2.34. The van der Waals surface area contributed by atoms with Crippen LogP contribution in [0.1, 0.15) is 53.3 Å². The molecule has 1 aliphatic heterocycles. The third-order valence-corrected chi connectivity index (χ3v) is 5.37. The molecule has 28 heavy (non-hydrogen) atoms. The van der Waals surface area contributed by atoms with E-state index in [1.54, 1.807) is 18.2 Å². The highest BCUT2D eigenvalue weighted by atomic mass is 79.9. The van der Waals surface area contributed by atoms with Crippen LogP contribution in [0.25, 0.3) is 0 Å². The van der Waals surface area contributed by atoms with Crippen molar-refractivity contribution >= 4 is 39.1 Å². The molecule has 5 nitrogen and oxygen atoms in total. The molecule has 0 spiro atoms. The second-order valence-corrected chi connectivity index (χ2v) is 7.91. The molecule has 148 valence electrons. The van der Waals surface area contributed by atoms with Crippen LogP contribution in [-0.2, 0) is 0 Å². The number of halogens is 1. The van der Waals surface area contributed by atoms with Crippen molar-refractivity contribution in [3.8, 4) is 0 Å². The van der Waals surface area contributed by atoms with Gasteiger partial charge in [-0.15, -0.1) is 0 Å². The number of piperidine rings is 1. The molecule has 1 fully saturated rings. The number of hydrogen-bond donors (Lipinski definition) is 2. The molecule has 0 atom stereocenters. The van der Waals surface area contributed by atoms with Crippen LogP contribution >= 0.6 is 15.9 Å². The highest BCUT2D eigenvalue weighted by Crippen LogP contribution is 2.27. The van der Waals surface area contributed by atoms with Crippen molar-refractivity contribution in [2.24, 2.45) is 0 Å². The zero-order chi connectivity index (χ0) is 19.9. The molecule has 1 heterocycles. The number of benzene rings is 2. The number of anilines is 2. The number of rotatable bonds is 6. The Labute approximate surface area is 174 Å². The fraction of sp³-hybridized carbons (Fsp3) is 0.364. The number of nitrogens with zero attached hydrogens (tertiary/aromatic N) is 1. The average Bonchev–Trinajstić information content (AvgIpc) is 2.73. The molecule has 2 aromatic carbocycles. The van der Waals surface area contributed by atoms with Gasteiger partial charge in [0.25, 0.3) is 11.8 Å². The number of carbonyl (C=O) groups excluding carboxylic acids is 2. The van der Waals surface area contributed by atoms with Gasteiger partial charge in [-0.1, -0.05) is 22.9 Å². The molecular weight excluding hydrogens is 418 g/mol. The Balaban J connectivity index is 1.84. The van der Waals surface area contributed by atoms with Crippen molar-refractivity contribution in [3.63, 3.8) is 0 Å². The molecule has 0 bridgehead atoms. The van der Waals surface area contributed by atoms with Gasteiger partial charge in [-0.25, -0.2) is 0 Å². The number of nitrogens with one attached hydrogen (secondary N) is 2. The lowest BCUT2D eigenvalue weighted by Gasteiger charge is -2.30. The fourth-order valence-corrected chi connectivity index (χ4v) is 3.61. The van der Waals surface area contributed by atoms with Crippen molar-refractivity contribution in [2.45, 2.75) is 32.6 Å². The van der Waals surface area contributed by atoms with Crippen LogP contribution in [0.2, 0.25) is 0 Å². The van der Waals surface area contributed by atoms with E-state index in [1.807, 2.05) is 31.2 Å². The fourth-order valence-electron chi connectivity index (χ4n) is 3.34. The van der Waals surface area contributed by atoms with Gasteiger partial charge in [0.1, 0.15) is 0 Å². The maximum absolute atomic E-state index is 12.8. The minimum absolute atomic E-state index is 0.0952. The van der Waals surface area contributed by atoms with E-state index < -0.39 is 0 Å². The van der Waals surface area contributed by atoms with E-state index in [2.05, 4.69) is 31.5 Å². The Bertz CT molecular complexity index is 830. The molecule has 2 aromatic rings. The van der Waals surface area contributed by atoms with E-state index in [4.69, 9.17) is 0 Å². The van der Waals surface area contributed by atoms with Crippen molar-refractivity contribution in [1.82, 2.24) is 5.32 Å². The summed E-state index contributed by atoms with van der Waals surface area (Å²) in [6.45, 7) is 4.58. The second kappa shape index (κ2) is 9.73. The average molecular weight is 444 g/mol. The van der Waals surface area contributed by atoms with E-state index in [1.165, 1.54) is 6.42 Å². The van der Waals surface area contributed by atoms with E-state index in [-0.39, 0.29) is 11.8 Å². The first kappa shape index (κ1) is 20.4. The summed E-state index contributed by atoms with van der Waals surface area (Å²) in [4.78, 5) is 27.6. The molecule has 0 aromatic heterocycles. The number of carbonyl (C=O) groups is 2. The predicted molar refractivity (Wildman–Crippen MR) is 117 cm³/mol. The normalized spacial score (nSPS) is 13.9. The van der Waals surface area contributed by atoms with Gasteiger partial charge in [-0.05, 0) is 68.1 Å². The largest absolute Gasteiger partial charge is 0.371 e. The monoisotopic (exact) mass is 443 g/mol. The molecule has 6 heteroatoms. The van der Waals surface area contributed by atoms with Crippen LogP contribution in [-0.4, -0.2) is 31.4 Å². The van der Waals surface area contributed by atoms with Crippen LogP contribution in [0, 0.1) is 0 Å². The SMILES string of the molecule is CCCNC(=O)c1cc(NC(=O)c2ccc(Br)cc2)ccc1N1CCCCC1. The first-order valence-electron chi connectivity index (χ1n) is 9.82. The summed E-state index contributed by atoms with van der Waals surface area (Å²) in [6, 6.07) is 12.8. The number of amides is 2. The third-order valence-electron chi connectivity index (χ3n) is 4.84. The predicted octanol–water partition coefficient (Wildman–Crippen LogP) is 4.83. The summed E-state index contributed by atoms with van der Waals surface area (Å²) in [5, 5.41) is 5.87. The van der Waals surface area contributed by atoms with Crippen molar-refractivity contribution in [1.29, 1.82) is 0 Å². The summed E-state index contributed by atoms with van der Waals surface area (Å²) in [6.07, 6.45) is 4.39. The lowest BCUT2D eigenvalue weighted by molar-refractivity contribution is 0.0952. The maximum Gasteiger partial charge on any atom is 0.255 e. The minimum atomic E-state index is -0.196. The van der Waals surface area contributed by atoms with Gasteiger partial charge in [0.2, 0.25) is 0 Å². The molecule has 2 amide bonds. The van der Waals surface area contributed by atoms with Gasteiger partial charge in [0.05, 0.1) is 5.56 Å². The highest BCUT2D eigenvalue weighted by Gasteiger charge is 2.19. The van der Waals surface area contributed by atoms with Gasteiger partial charge < -0.3 is 15.5 Å². The molecule has 1 aliphatic rings. The first-order chi connectivity index (χ1) is 13.6. The topological polar surface area (TPSA) is 61.4 Å². The summed E-state index contributed by atoms with van der Waals surface area (Å²) in [7, 11) is 0. The molecule has 3 rings (SSSR count). The summed E-state index contributed by atoms with van der Waals surface area (Å²) in [5.41, 5.74) is 2.74. The van der Waals surface area contributed by atoms with E-state index >= 15 is 0 Å².